The number of likely N-dealkylation sites (tertiary alicyclic amines) is 1. The lowest BCUT2D eigenvalue weighted by Crippen LogP contribution is -2.31. The standard InChI is InChI=1S/C29H35N5/c1-6-20-34(21-7-1)22-8-19-31-28-16-17-29(26-10-3-2-9-25(26)28)33-32-24-14-12-23(13-15-24)27-11-4-5-18-30-27/h4-5,11-18,31H,1-3,6-10,19-22H2. The lowest BCUT2D eigenvalue weighted by molar-refractivity contribution is 0.228. The van der Waals surface area contributed by atoms with Crippen LogP contribution in [-0.2, 0) is 12.8 Å². The molecular formula is C29H35N5. The van der Waals surface area contributed by atoms with E-state index in [1.165, 1.54) is 75.0 Å². The van der Waals surface area contributed by atoms with Gasteiger partial charge in [0.05, 0.1) is 17.1 Å². The van der Waals surface area contributed by atoms with E-state index in [1.54, 1.807) is 0 Å². The summed E-state index contributed by atoms with van der Waals surface area (Å²) in [5.41, 5.74) is 8.07. The molecule has 2 heterocycles. The smallest absolute Gasteiger partial charge is 0.0893 e. The molecule has 1 aromatic heterocycles. The summed E-state index contributed by atoms with van der Waals surface area (Å²) < 4.78 is 0. The van der Waals surface area contributed by atoms with Gasteiger partial charge >= 0.3 is 0 Å². The quantitative estimate of drug-likeness (QED) is 0.287. The number of nitrogens with zero attached hydrogens (tertiary/aromatic N) is 4. The van der Waals surface area contributed by atoms with Gasteiger partial charge in [-0.2, -0.15) is 10.2 Å². The first-order valence-electron chi connectivity index (χ1n) is 12.9. The first-order valence-corrected chi connectivity index (χ1v) is 12.9. The Morgan fingerprint density at radius 3 is 2.41 bits per heavy atom. The van der Waals surface area contributed by atoms with Crippen molar-refractivity contribution in [2.45, 2.75) is 51.4 Å². The van der Waals surface area contributed by atoms with Crippen LogP contribution >= 0.6 is 0 Å². The number of rotatable bonds is 8. The zero-order chi connectivity index (χ0) is 23.0. The number of azo groups is 1. The number of benzene rings is 2. The second kappa shape index (κ2) is 11.4. The van der Waals surface area contributed by atoms with Crippen molar-refractivity contribution in [3.63, 3.8) is 0 Å². The van der Waals surface area contributed by atoms with Crippen LogP contribution in [0.15, 0.2) is 71.0 Å². The van der Waals surface area contributed by atoms with E-state index in [2.05, 4.69) is 49.7 Å². The number of nitrogens with one attached hydrogen (secondary N) is 1. The average molecular weight is 454 g/mol. The van der Waals surface area contributed by atoms with Crippen LogP contribution in [0.1, 0.15) is 49.7 Å². The third-order valence-corrected chi connectivity index (χ3v) is 7.03. The van der Waals surface area contributed by atoms with Gasteiger partial charge in [-0.3, -0.25) is 4.98 Å². The average Bonchev–Trinajstić information content (AvgIpc) is 2.92. The Morgan fingerprint density at radius 2 is 1.62 bits per heavy atom. The van der Waals surface area contributed by atoms with Crippen LogP contribution in [0.4, 0.5) is 17.1 Å². The Balaban J connectivity index is 1.24. The molecule has 176 valence electrons. The summed E-state index contributed by atoms with van der Waals surface area (Å²) >= 11 is 0. The molecule has 2 aromatic carbocycles. The largest absolute Gasteiger partial charge is 0.385 e. The SMILES string of the molecule is c1ccc(-c2ccc(N=Nc3ccc(NCCCN4CCCCC4)c4c3CCCC4)cc2)nc1. The van der Waals surface area contributed by atoms with Gasteiger partial charge in [-0.25, -0.2) is 0 Å². The molecule has 1 N–H and O–H groups in total. The molecular weight excluding hydrogens is 418 g/mol. The molecule has 1 saturated heterocycles. The number of aromatic nitrogens is 1. The van der Waals surface area contributed by atoms with E-state index in [0.717, 1.165) is 42.0 Å². The van der Waals surface area contributed by atoms with E-state index in [-0.39, 0.29) is 0 Å². The molecule has 0 unspecified atom stereocenters. The fourth-order valence-electron chi connectivity index (χ4n) is 5.16. The number of hydrogen-bond acceptors (Lipinski definition) is 5. The summed E-state index contributed by atoms with van der Waals surface area (Å²) in [5.74, 6) is 0. The number of anilines is 1. The maximum Gasteiger partial charge on any atom is 0.0893 e. The van der Waals surface area contributed by atoms with Crippen molar-refractivity contribution in [2.24, 2.45) is 10.2 Å². The summed E-state index contributed by atoms with van der Waals surface area (Å²) in [6.07, 6.45) is 11.9. The molecule has 3 aromatic rings. The third kappa shape index (κ3) is 5.71. The fourth-order valence-corrected chi connectivity index (χ4v) is 5.16. The van der Waals surface area contributed by atoms with Crippen molar-refractivity contribution >= 4 is 17.1 Å². The van der Waals surface area contributed by atoms with E-state index >= 15 is 0 Å². The number of piperidine rings is 1. The molecule has 34 heavy (non-hydrogen) atoms. The molecule has 5 heteroatoms. The predicted molar refractivity (Wildman–Crippen MR) is 140 cm³/mol. The summed E-state index contributed by atoms with van der Waals surface area (Å²) in [5, 5.41) is 13.0. The molecule has 2 aliphatic rings. The molecule has 5 nitrogen and oxygen atoms in total. The maximum atomic E-state index is 4.67. The van der Waals surface area contributed by atoms with Crippen molar-refractivity contribution in [1.82, 2.24) is 9.88 Å². The van der Waals surface area contributed by atoms with Crippen LogP contribution in [0.2, 0.25) is 0 Å². The predicted octanol–water partition coefficient (Wildman–Crippen LogP) is 7.33. The van der Waals surface area contributed by atoms with Gasteiger partial charge in [0, 0.05) is 24.0 Å². The molecule has 0 radical (unpaired) electrons. The highest BCUT2D eigenvalue weighted by atomic mass is 15.1. The maximum absolute atomic E-state index is 4.67. The van der Waals surface area contributed by atoms with Crippen molar-refractivity contribution in [3.05, 3.63) is 71.9 Å². The zero-order valence-corrected chi connectivity index (χ0v) is 20.0. The van der Waals surface area contributed by atoms with Gasteiger partial charge in [0.15, 0.2) is 0 Å². The molecule has 0 atom stereocenters. The Hall–Kier alpha value is -3.05. The summed E-state index contributed by atoms with van der Waals surface area (Å²) in [6.45, 7) is 4.80. The Bertz CT molecular complexity index is 1090. The van der Waals surface area contributed by atoms with Crippen molar-refractivity contribution in [2.75, 3.05) is 31.5 Å². The summed E-state index contributed by atoms with van der Waals surface area (Å²) in [4.78, 5) is 7.03. The minimum Gasteiger partial charge on any atom is -0.385 e. The van der Waals surface area contributed by atoms with Gasteiger partial charge in [0.1, 0.15) is 0 Å². The van der Waals surface area contributed by atoms with E-state index in [9.17, 15) is 0 Å². The van der Waals surface area contributed by atoms with Crippen LogP contribution in [0, 0.1) is 0 Å². The zero-order valence-electron chi connectivity index (χ0n) is 20.0. The van der Waals surface area contributed by atoms with Gasteiger partial charge in [0.2, 0.25) is 0 Å². The van der Waals surface area contributed by atoms with E-state index in [0.29, 0.717) is 0 Å². The number of pyridine rings is 1. The summed E-state index contributed by atoms with van der Waals surface area (Å²) in [7, 11) is 0. The molecule has 1 aliphatic heterocycles. The normalized spacial score (nSPS) is 16.5. The Labute approximate surface area is 203 Å². The highest BCUT2D eigenvalue weighted by Gasteiger charge is 2.17. The second-order valence-corrected chi connectivity index (χ2v) is 9.44. The van der Waals surface area contributed by atoms with Gasteiger partial charge in [0.25, 0.3) is 0 Å². The highest BCUT2D eigenvalue weighted by molar-refractivity contribution is 5.65. The van der Waals surface area contributed by atoms with Crippen molar-refractivity contribution in [3.8, 4) is 11.3 Å². The molecule has 1 aliphatic carbocycles. The minimum absolute atomic E-state index is 0.865. The first kappa shape index (κ1) is 22.7. The van der Waals surface area contributed by atoms with Gasteiger partial charge in [-0.1, -0.05) is 24.6 Å². The Morgan fingerprint density at radius 1 is 0.794 bits per heavy atom. The van der Waals surface area contributed by atoms with E-state index in [4.69, 9.17) is 0 Å². The molecule has 5 rings (SSSR count). The van der Waals surface area contributed by atoms with Gasteiger partial charge in [-0.15, -0.1) is 0 Å². The minimum atomic E-state index is 0.865. The number of hydrogen-bond donors (Lipinski definition) is 1. The molecule has 0 amide bonds. The first-order chi connectivity index (χ1) is 16.9. The van der Waals surface area contributed by atoms with Crippen molar-refractivity contribution in [1.29, 1.82) is 0 Å². The second-order valence-electron chi connectivity index (χ2n) is 9.44. The molecule has 1 fully saturated rings. The third-order valence-electron chi connectivity index (χ3n) is 7.03. The van der Waals surface area contributed by atoms with Crippen LogP contribution < -0.4 is 5.32 Å². The fraction of sp³-hybridized carbons (Fsp3) is 0.414. The molecule has 0 spiro atoms. The van der Waals surface area contributed by atoms with Crippen LogP contribution in [0.3, 0.4) is 0 Å². The lowest BCUT2D eigenvalue weighted by Gasteiger charge is -2.26. The van der Waals surface area contributed by atoms with Crippen LogP contribution in [-0.4, -0.2) is 36.1 Å². The Kier molecular flexibility index (Phi) is 7.61. The number of fused-ring (bicyclic) bond motifs is 1. The molecule has 0 bridgehead atoms. The van der Waals surface area contributed by atoms with Crippen LogP contribution in [0.25, 0.3) is 11.3 Å². The van der Waals surface area contributed by atoms with Crippen LogP contribution in [0.5, 0.6) is 0 Å². The van der Waals surface area contributed by atoms with Gasteiger partial charge in [-0.05, 0) is 112 Å². The van der Waals surface area contributed by atoms with Crippen molar-refractivity contribution < 1.29 is 0 Å². The lowest BCUT2D eigenvalue weighted by atomic mass is 9.89. The molecule has 0 saturated carbocycles. The topological polar surface area (TPSA) is 52.9 Å². The van der Waals surface area contributed by atoms with Gasteiger partial charge < -0.3 is 10.2 Å². The summed E-state index contributed by atoms with van der Waals surface area (Å²) in [6, 6.07) is 18.5. The van der Waals surface area contributed by atoms with E-state index < -0.39 is 0 Å². The monoisotopic (exact) mass is 453 g/mol. The highest BCUT2D eigenvalue weighted by Crippen LogP contribution is 2.36. The van der Waals surface area contributed by atoms with E-state index in [1.807, 2.05) is 36.5 Å².